The van der Waals surface area contributed by atoms with Crippen molar-refractivity contribution in [2.75, 3.05) is 19.6 Å². The fourth-order valence-electron chi connectivity index (χ4n) is 5.01. The SMILES string of the molecule is CCCCN(CC(=O)N1CCc2sccc2[C@@H]1c1ccc(F)cc1)S(=O)(=O)c1cccc2ccccc12. The smallest absolute Gasteiger partial charge is 0.244 e. The number of amides is 1. The lowest BCUT2D eigenvalue weighted by molar-refractivity contribution is -0.133. The number of rotatable bonds is 8. The molecule has 1 aliphatic rings. The van der Waals surface area contributed by atoms with Crippen molar-refractivity contribution in [3.8, 4) is 0 Å². The summed E-state index contributed by atoms with van der Waals surface area (Å²) in [4.78, 5) is 17.0. The Morgan fingerprint density at radius 1 is 1.05 bits per heavy atom. The normalized spacial score (nSPS) is 15.8. The molecule has 37 heavy (non-hydrogen) atoms. The zero-order chi connectivity index (χ0) is 26.0. The van der Waals surface area contributed by atoms with E-state index in [9.17, 15) is 17.6 Å². The topological polar surface area (TPSA) is 57.7 Å². The van der Waals surface area contributed by atoms with Crippen LogP contribution in [-0.2, 0) is 21.2 Å². The van der Waals surface area contributed by atoms with Gasteiger partial charge in [-0.25, -0.2) is 12.8 Å². The average Bonchev–Trinajstić information content (AvgIpc) is 3.39. The van der Waals surface area contributed by atoms with E-state index in [4.69, 9.17) is 0 Å². The summed E-state index contributed by atoms with van der Waals surface area (Å²) in [5, 5.41) is 3.49. The Hall–Kier alpha value is -3.07. The number of carbonyl (C=O) groups excluding carboxylic acids is 1. The summed E-state index contributed by atoms with van der Waals surface area (Å²) in [6, 6.07) is 20.5. The van der Waals surface area contributed by atoms with Crippen molar-refractivity contribution in [1.82, 2.24) is 9.21 Å². The third-order valence-corrected chi connectivity index (χ3v) is 9.81. The molecule has 4 aromatic rings. The summed E-state index contributed by atoms with van der Waals surface area (Å²) < 4.78 is 42.9. The van der Waals surface area contributed by atoms with Crippen LogP contribution in [0.2, 0.25) is 0 Å². The van der Waals surface area contributed by atoms with Gasteiger partial charge in [0.25, 0.3) is 0 Å². The van der Waals surface area contributed by atoms with E-state index in [0.29, 0.717) is 24.8 Å². The lowest BCUT2D eigenvalue weighted by atomic mass is 9.93. The number of hydrogen-bond donors (Lipinski definition) is 0. The summed E-state index contributed by atoms with van der Waals surface area (Å²) in [5.41, 5.74) is 1.83. The number of carbonyl (C=O) groups is 1. The number of thiophene rings is 1. The zero-order valence-electron chi connectivity index (χ0n) is 20.6. The van der Waals surface area contributed by atoms with E-state index in [1.165, 1.54) is 21.3 Å². The molecule has 1 atom stereocenters. The van der Waals surface area contributed by atoms with Gasteiger partial charge in [-0.3, -0.25) is 4.79 Å². The summed E-state index contributed by atoms with van der Waals surface area (Å²) in [6.45, 7) is 2.48. The zero-order valence-corrected chi connectivity index (χ0v) is 22.3. The van der Waals surface area contributed by atoms with Crippen molar-refractivity contribution in [2.45, 2.75) is 37.1 Å². The summed E-state index contributed by atoms with van der Waals surface area (Å²) in [6.07, 6.45) is 2.16. The van der Waals surface area contributed by atoms with E-state index in [0.717, 1.165) is 22.9 Å². The minimum Gasteiger partial charge on any atom is -0.330 e. The maximum atomic E-state index is 13.9. The predicted octanol–water partition coefficient (Wildman–Crippen LogP) is 6.01. The van der Waals surface area contributed by atoms with E-state index in [2.05, 4.69) is 0 Å². The predicted molar refractivity (Wildman–Crippen MR) is 146 cm³/mol. The van der Waals surface area contributed by atoms with Crippen LogP contribution in [0.4, 0.5) is 4.39 Å². The molecule has 0 radical (unpaired) electrons. The minimum absolute atomic E-state index is 0.211. The molecule has 5 nitrogen and oxygen atoms in total. The molecule has 0 unspecified atom stereocenters. The van der Waals surface area contributed by atoms with Gasteiger partial charge < -0.3 is 4.90 Å². The van der Waals surface area contributed by atoms with Crippen molar-refractivity contribution >= 4 is 38.0 Å². The molecule has 3 aromatic carbocycles. The van der Waals surface area contributed by atoms with E-state index < -0.39 is 10.0 Å². The Labute approximate surface area is 221 Å². The molecular weight excluding hydrogens is 507 g/mol. The van der Waals surface area contributed by atoms with Gasteiger partial charge in [0.2, 0.25) is 15.9 Å². The lowest BCUT2D eigenvalue weighted by Crippen LogP contribution is -2.47. The van der Waals surface area contributed by atoms with Crippen LogP contribution in [0.5, 0.6) is 0 Å². The highest BCUT2D eigenvalue weighted by molar-refractivity contribution is 7.89. The van der Waals surface area contributed by atoms with Gasteiger partial charge in [0, 0.05) is 23.4 Å². The molecule has 0 bridgehead atoms. The van der Waals surface area contributed by atoms with E-state index in [-0.39, 0.29) is 35.8 Å². The van der Waals surface area contributed by atoms with Crippen LogP contribution in [0.3, 0.4) is 0 Å². The number of hydrogen-bond acceptors (Lipinski definition) is 4. The van der Waals surface area contributed by atoms with Crippen LogP contribution in [0.15, 0.2) is 83.1 Å². The molecule has 5 rings (SSSR count). The monoisotopic (exact) mass is 536 g/mol. The first-order valence-electron chi connectivity index (χ1n) is 12.5. The summed E-state index contributed by atoms with van der Waals surface area (Å²) >= 11 is 1.65. The molecule has 0 fully saturated rings. The second-order valence-corrected chi connectivity index (χ2v) is 12.2. The van der Waals surface area contributed by atoms with Gasteiger partial charge >= 0.3 is 0 Å². The second kappa shape index (κ2) is 10.7. The Kier molecular flexibility index (Phi) is 7.42. The highest BCUT2D eigenvalue weighted by atomic mass is 32.2. The van der Waals surface area contributed by atoms with Crippen LogP contribution < -0.4 is 0 Å². The molecule has 192 valence electrons. The quantitative estimate of drug-likeness (QED) is 0.277. The Bertz CT molecular complexity index is 1510. The molecule has 0 N–H and O–H groups in total. The van der Waals surface area contributed by atoms with Gasteiger partial charge in [-0.05, 0) is 59.0 Å². The van der Waals surface area contributed by atoms with Crippen molar-refractivity contribution in [1.29, 1.82) is 0 Å². The van der Waals surface area contributed by atoms with Crippen LogP contribution in [0.25, 0.3) is 10.8 Å². The number of benzene rings is 3. The molecule has 0 spiro atoms. The molecule has 1 aliphatic heterocycles. The Balaban J connectivity index is 1.49. The summed E-state index contributed by atoms with van der Waals surface area (Å²) in [7, 11) is -3.93. The number of halogens is 1. The summed E-state index contributed by atoms with van der Waals surface area (Å²) in [5.74, 6) is -0.596. The molecular formula is C29H29FN2O3S2. The first-order chi connectivity index (χ1) is 17.9. The number of nitrogens with zero attached hydrogens (tertiary/aromatic N) is 2. The molecule has 0 saturated heterocycles. The number of unbranched alkanes of at least 4 members (excludes halogenated alkanes) is 1. The van der Waals surface area contributed by atoms with E-state index >= 15 is 0 Å². The number of fused-ring (bicyclic) bond motifs is 2. The Morgan fingerprint density at radius 3 is 2.59 bits per heavy atom. The molecule has 0 aliphatic carbocycles. The van der Waals surface area contributed by atoms with Crippen molar-refractivity contribution < 1.29 is 17.6 Å². The van der Waals surface area contributed by atoms with Gasteiger partial charge in [-0.1, -0.05) is 61.9 Å². The van der Waals surface area contributed by atoms with Crippen LogP contribution >= 0.6 is 11.3 Å². The third kappa shape index (κ3) is 5.06. The fourth-order valence-corrected chi connectivity index (χ4v) is 7.56. The molecule has 1 aromatic heterocycles. The lowest BCUT2D eigenvalue weighted by Gasteiger charge is -2.37. The highest BCUT2D eigenvalue weighted by Gasteiger charge is 2.35. The van der Waals surface area contributed by atoms with Gasteiger partial charge in [-0.15, -0.1) is 11.3 Å². The van der Waals surface area contributed by atoms with Crippen molar-refractivity contribution in [3.05, 3.63) is 100.0 Å². The van der Waals surface area contributed by atoms with Crippen LogP contribution in [-0.4, -0.2) is 43.2 Å². The third-order valence-electron chi connectivity index (χ3n) is 6.91. The minimum atomic E-state index is -3.93. The van der Waals surface area contributed by atoms with Crippen molar-refractivity contribution in [3.63, 3.8) is 0 Å². The highest BCUT2D eigenvalue weighted by Crippen LogP contribution is 2.38. The molecule has 8 heteroatoms. The first-order valence-corrected chi connectivity index (χ1v) is 14.8. The molecule has 2 heterocycles. The first kappa shape index (κ1) is 25.6. The van der Waals surface area contributed by atoms with Crippen LogP contribution in [0, 0.1) is 5.82 Å². The van der Waals surface area contributed by atoms with Gasteiger partial charge in [0.1, 0.15) is 5.82 Å². The van der Waals surface area contributed by atoms with E-state index in [1.807, 2.05) is 42.6 Å². The largest absolute Gasteiger partial charge is 0.330 e. The molecule has 1 amide bonds. The Morgan fingerprint density at radius 2 is 1.81 bits per heavy atom. The molecule has 0 saturated carbocycles. The maximum absolute atomic E-state index is 13.9. The number of sulfonamides is 1. The van der Waals surface area contributed by atoms with Crippen LogP contribution in [0.1, 0.15) is 41.8 Å². The van der Waals surface area contributed by atoms with Gasteiger partial charge in [-0.2, -0.15) is 4.31 Å². The standard InChI is InChI=1S/C29H29FN2O3S2/c1-2-3-17-31(37(34,35)27-10-6-8-21-7-4-5-9-24(21)27)20-28(33)32-18-15-26-25(16-19-36-26)29(32)22-11-13-23(30)14-12-22/h4-14,16,19,29H,2-3,15,17-18,20H2,1H3/t29-/m0/s1. The van der Waals surface area contributed by atoms with Crippen molar-refractivity contribution in [2.24, 2.45) is 0 Å². The second-order valence-electron chi connectivity index (χ2n) is 9.26. The fraction of sp³-hybridized carbons (Fsp3) is 0.276. The van der Waals surface area contributed by atoms with E-state index in [1.54, 1.807) is 46.6 Å². The van der Waals surface area contributed by atoms with Gasteiger partial charge in [0.15, 0.2) is 0 Å². The average molecular weight is 537 g/mol. The van der Waals surface area contributed by atoms with Gasteiger partial charge in [0.05, 0.1) is 17.5 Å². The maximum Gasteiger partial charge on any atom is 0.244 e.